The van der Waals surface area contributed by atoms with Crippen molar-refractivity contribution in [1.82, 2.24) is 0 Å². The zero-order valence-corrected chi connectivity index (χ0v) is 46.0. The van der Waals surface area contributed by atoms with Gasteiger partial charge < -0.3 is 53.0 Å². The van der Waals surface area contributed by atoms with Gasteiger partial charge in [-0.15, -0.1) is 0 Å². The molecular formula is C48H114O11P-. The van der Waals surface area contributed by atoms with E-state index in [-0.39, 0.29) is 24.6 Å². The van der Waals surface area contributed by atoms with Crippen LogP contribution in [0, 0.1) is 17.8 Å². The summed E-state index contributed by atoms with van der Waals surface area (Å²) in [6, 6.07) is 0. The van der Waals surface area contributed by atoms with Crippen LogP contribution >= 0.6 is 7.60 Å². The third-order valence-electron chi connectivity index (χ3n) is 7.93. The molecule has 0 saturated carbocycles. The zero-order valence-electron chi connectivity index (χ0n) is 45.1. The number of hydrogen-bond acceptors (Lipinski definition) is 11. The maximum atomic E-state index is 10.5. The monoisotopic (exact) mass is 898 g/mol. The van der Waals surface area contributed by atoms with Crippen LogP contribution in [0.15, 0.2) is 0 Å². The van der Waals surface area contributed by atoms with E-state index >= 15 is 0 Å². The molecule has 2 saturated heterocycles. The van der Waals surface area contributed by atoms with Crippen LogP contribution in [0.25, 0.3) is 0 Å². The van der Waals surface area contributed by atoms with E-state index in [1.165, 1.54) is 32.1 Å². The van der Waals surface area contributed by atoms with E-state index in [9.17, 15) is 9.46 Å². The van der Waals surface area contributed by atoms with Gasteiger partial charge in [-0.3, -0.25) is 0 Å². The van der Waals surface area contributed by atoms with E-state index in [2.05, 4.69) is 71.6 Å². The summed E-state index contributed by atoms with van der Waals surface area (Å²) in [5.41, 5.74) is 0. The second kappa shape index (κ2) is 60.9. The van der Waals surface area contributed by atoms with Crippen molar-refractivity contribution in [3.8, 4) is 0 Å². The number of ether oxygens (including phenoxy) is 5. The summed E-state index contributed by atoms with van der Waals surface area (Å²) < 4.78 is 40.5. The van der Waals surface area contributed by atoms with Crippen molar-refractivity contribution < 1.29 is 53.0 Å². The highest BCUT2D eigenvalue weighted by Gasteiger charge is 2.32. The van der Waals surface area contributed by atoms with Crippen molar-refractivity contribution in [2.24, 2.45) is 17.8 Å². The van der Waals surface area contributed by atoms with Gasteiger partial charge in [0.1, 0.15) is 13.7 Å². The third kappa shape index (κ3) is 85.2. The predicted molar refractivity (Wildman–Crippen MR) is 261 cm³/mol. The SMILES string of the molecule is CC.CC.CC1(C)OCC(CO)O1.CCC.CCC(C)CC.CCC(C)CO.CCC(C)COP(C)(=O)[O-].CCC(O)CC.CCC1COC(C)(C)O1.CCCC.COC. The summed E-state index contributed by atoms with van der Waals surface area (Å²) in [6.45, 7) is 48.1. The van der Waals surface area contributed by atoms with E-state index in [0.29, 0.717) is 37.8 Å². The molecule has 5 unspecified atom stereocenters. The minimum absolute atomic E-state index is 0.0451. The Hall–Kier alpha value is -0.170. The minimum atomic E-state index is -3.48. The Morgan fingerprint density at radius 1 is 0.650 bits per heavy atom. The maximum absolute atomic E-state index is 10.5. The molecule has 0 aliphatic carbocycles. The molecule has 0 aromatic rings. The number of hydrogen-bond donors (Lipinski definition) is 3. The summed E-state index contributed by atoms with van der Waals surface area (Å²) in [5, 5.41) is 25.6. The van der Waals surface area contributed by atoms with Crippen LogP contribution in [-0.4, -0.2) is 99.1 Å². The molecule has 0 bridgehead atoms. The molecule has 2 aliphatic rings. The zero-order chi connectivity index (χ0) is 49.8. The molecule has 2 rings (SSSR count). The molecule has 2 fully saturated rings. The average molecular weight is 898 g/mol. The summed E-state index contributed by atoms with van der Waals surface area (Å²) in [7, 11) is -0.233. The molecule has 2 aliphatic heterocycles. The first kappa shape index (κ1) is 80.1. The van der Waals surface area contributed by atoms with E-state index in [1.807, 2.05) is 90.0 Å². The summed E-state index contributed by atoms with van der Waals surface area (Å²) >= 11 is 0. The molecule has 5 atom stereocenters. The van der Waals surface area contributed by atoms with Crippen LogP contribution in [-0.2, 0) is 32.8 Å². The van der Waals surface area contributed by atoms with Gasteiger partial charge in [-0.1, -0.05) is 170 Å². The van der Waals surface area contributed by atoms with E-state index in [4.69, 9.17) is 34.3 Å². The summed E-state index contributed by atoms with van der Waals surface area (Å²) in [4.78, 5) is 10.5. The van der Waals surface area contributed by atoms with Gasteiger partial charge in [-0.25, -0.2) is 0 Å². The molecule has 0 aromatic carbocycles. The van der Waals surface area contributed by atoms with E-state index in [1.54, 1.807) is 14.2 Å². The topological polar surface area (TPSA) is 156 Å². The lowest BCUT2D eigenvalue weighted by Crippen LogP contribution is -2.22. The van der Waals surface area contributed by atoms with Gasteiger partial charge in [-0.05, 0) is 64.7 Å². The fourth-order valence-corrected chi connectivity index (χ4v) is 3.43. The normalized spacial score (nSPS) is 18.0. The van der Waals surface area contributed by atoms with Crippen LogP contribution in [0.4, 0.5) is 0 Å². The van der Waals surface area contributed by atoms with Crippen LogP contribution in [0.1, 0.15) is 217 Å². The van der Waals surface area contributed by atoms with Crippen molar-refractivity contribution in [3.05, 3.63) is 0 Å². The maximum Gasteiger partial charge on any atom is 0.163 e. The fourth-order valence-electron chi connectivity index (χ4n) is 2.90. The van der Waals surface area contributed by atoms with E-state index in [0.717, 1.165) is 51.3 Å². The van der Waals surface area contributed by atoms with Crippen LogP contribution < -0.4 is 4.89 Å². The Morgan fingerprint density at radius 2 is 0.967 bits per heavy atom. The second-order valence-electron chi connectivity index (χ2n) is 15.3. The third-order valence-corrected chi connectivity index (χ3v) is 8.55. The molecular weight excluding hydrogens is 783 g/mol. The quantitative estimate of drug-likeness (QED) is 0.151. The number of aliphatic hydroxyl groups excluding tert-OH is 3. The van der Waals surface area contributed by atoms with Crippen LogP contribution in [0.3, 0.4) is 0 Å². The lowest BCUT2D eigenvalue weighted by molar-refractivity contribution is -0.197. The van der Waals surface area contributed by atoms with Crippen molar-refractivity contribution in [1.29, 1.82) is 0 Å². The molecule has 12 heteroatoms. The van der Waals surface area contributed by atoms with Gasteiger partial charge in [0.25, 0.3) is 0 Å². The van der Waals surface area contributed by atoms with Crippen molar-refractivity contribution in [3.63, 3.8) is 0 Å². The number of methoxy groups -OCH3 is 1. The highest BCUT2D eigenvalue weighted by Crippen LogP contribution is 2.31. The molecule has 60 heavy (non-hydrogen) atoms. The largest absolute Gasteiger partial charge is 0.779 e. The second-order valence-corrected chi connectivity index (χ2v) is 17.1. The minimum Gasteiger partial charge on any atom is -0.779 e. The molecule has 0 radical (unpaired) electrons. The number of aliphatic hydroxyl groups is 3. The molecule has 2 heterocycles. The summed E-state index contributed by atoms with van der Waals surface area (Å²) in [6.07, 6.45) is 11.5. The Bertz CT molecular complexity index is 686. The lowest BCUT2D eigenvalue weighted by Gasteiger charge is -2.19. The highest BCUT2D eigenvalue weighted by molar-refractivity contribution is 7.50. The predicted octanol–water partition coefficient (Wildman–Crippen LogP) is 13.1. The van der Waals surface area contributed by atoms with Gasteiger partial charge in [0.2, 0.25) is 0 Å². The van der Waals surface area contributed by atoms with Gasteiger partial charge in [0, 0.05) is 27.5 Å². The van der Waals surface area contributed by atoms with Crippen molar-refractivity contribution in [2.45, 2.75) is 246 Å². The molecule has 0 amide bonds. The molecule has 0 spiro atoms. The Morgan fingerprint density at radius 3 is 1.07 bits per heavy atom. The number of rotatable bonds is 13. The Kier molecular flexibility index (Phi) is 81.4. The Balaban J connectivity index is -0.0000000706. The van der Waals surface area contributed by atoms with Crippen LogP contribution in [0.5, 0.6) is 0 Å². The lowest BCUT2D eigenvalue weighted by atomic mass is 10.1. The fraction of sp³-hybridized carbons (Fsp3) is 1.00. The average Bonchev–Trinajstić information content (AvgIpc) is 3.80. The smallest absolute Gasteiger partial charge is 0.163 e. The first-order valence-corrected chi connectivity index (χ1v) is 25.8. The number of unbranched alkanes of at least 4 members (excludes halogenated alkanes) is 1. The van der Waals surface area contributed by atoms with Gasteiger partial charge >= 0.3 is 0 Å². The first-order chi connectivity index (χ1) is 27.9. The van der Waals surface area contributed by atoms with E-state index < -0.39 is 13.4 Å². The first-order valence-electron chi connectivity index (χ1n) is 23.8. The van der Waals surface area contributed by atoms with Gasteiger partial charge in [-0.2, -0.15) is 0 Å². The summed E-state index contributed by atoms with van der Waals surface area (Å²) in [5.74, 6) is 0.922. The standard InChI is InChI=1S/C7H14O2.C6H15O3P.C6H12O3.C6H14.2C5H12O.C4H10.C3H8.C2H6O.2C2H6/c1-4-6-5-8-7(2,3)9-6;1-4-6(2)5-9-10(3,7)8;1-6(2)8-4-5(3-7)9-6;1-4-6(3)5-2;1-3-5(2)4-6;1-3-5(6)4-2;1-3-4-2;2*1-3-2;2*1-2/h6H,4-5H2,1-3H3;6H,4-5H2,1-3H3,(H,7,8);5,7H,3-4H2,1-2H3;6H,4-5H2,1-3H3;2*5-6H,3-4H2,1-2H3;3-4H2,1-2H3;3H2,1-2H3;1-2H3;2*1-2H3/p-1. The molecule has 378 valence electrons. The van der Waals surface area contributed by atoms with Gasteiger partial charge in [0.05, 0.1) is 38.6 Å². The molecule has 0 aromatic heterocycles. The van der Waals surface area contributed by atoms with Crippen molar-refractivity contribution in [2.75, 3.05) is 53.9 Å². The molecule has 11 nitrogen and oxygen atoms in total. The van der Waals surface area contributed by atoms with Gasteiger partial charge in [0.15, 0.2) is 11.6 Å². The molecule has 3 N–H and O–H groups in total. The van der Waals surface area contributed by atoms with Crippen molar-refractivity contribution >= 4 is 7.60 Å². The Labute approximate surface area is 377 Å². The van der Waals surface area contributed by atoms with Crippen LogP contribution in [0.2, 0.25) is 0 Å². The highest BCUT2D eigenvalue weighted by atomic mass is 31.2.